The molecule has 0 N–H and O–H groups in total. The summed E-state index contributed by atoms with van der Waals surface area (Å²) >= 11 is 0. The highest BCUT2D eigenvalue weighted by Crippen LogP contribution is 2.20. The lowest BCUT2D eigenvalue weighted by atomic mass is 9.97. The van der Waals surface area contributed by atoms with Gasteiger partial charge in [-0.2, -0.15) is 0 Å². The zero-order valence-electron chi connectivity index (χ0n) is 16.8. The Balaban J connectivity index is 2.13. The van der Waals surface area contributed by atoms with Crippen LogP contribution in [0, 0.1) is 5.92 Å². The Morgan fingerprint density at radius 3 is 2.42 bits per heavy atom. The average molecular weight is 355 g/mol. The van der Waals surface area contributed by atoms with Gasteiger partial charge in [0, 0.05) is 30.4 Å². The fourth-order valence-corrected chi connectivity index (χ4v) is 3.40. The van der Waals surface area contributed by atoms with Gasteiger partial charge in [0.15, 0.2) is 0 Å². The number of amides is 1. The Hall–Kier alpha value is -2.03. The molecule has 1 aromatic heterocycles. The summed E-state index contributed by atoms with van der Waals surface area (Å²) in [4.78, 5) is 15.2. The molecule has 0 unspecified atom stereocenters. The molecule has 0 saturated carbocycles. The molecule has 142 valence electrons. The predicted octanol–water partition coefficient (Wildman–Crippen LogP) is 5.49. The molecule has 0 radical (unpaired) electrons. The van der Waals surface area contributed by atoms with E-state index >= 15 is 0 Å². The van der Waals surface area contributed by atoms with Crippen LogP contribution in [-0.4, -0.2) is 21.4 Å². The monoisotopic (exact) mass is 354 g/mol. The molecule has 1 aromatic carbocycles. The van der Waals surface area contributed by atoms with E-state index < -0.39 is 0 Å². The van der Waals surface area contributed by atoms with Crippen molar-refractivity contribution in [2.75, 3.05) is 0 Å². The van der Waals surface area contributed by atoms with Gasteiger partial charge >= 0.3 is 0 Å². The number of aromatic nitrogens is 1. The van der Waals surface area contributed by atoms with E-state index in [-0.39, 0.29) is 12.0 Å². The first-order valence-electron chi connectivity index (χ1n) is 10.0. The topological polar surface area (TPSA) is 25.2 Å². The summed E-state index contributed by atoms with van der Waals surface area (Å²) in [5, 5.41) is 0. The van der Waals surface area contributed by atoms with Crippen LogP contribution in [0.2, 0.25) is 0 Å². The Kier molecular flexibility index (Phi) is 7.96. The summed E-state index contributed by atoms with van der Waals surface area (Å²) in [6.07, 6.45) is 6.30. The molecule has 2 rings (SSSR count). The van der Waals surface area contributed by atoms with E-state index in [2.05, 4.69) is 79.8 Å². The molecule has 2 aromatic rings. The third kappa shape index (κ3) is 5.48. The first kappa shape index (κ1) is 20.3. The molecule has 3 nitrogen and oxygen atoms in total. The van der Waals surface area contributed by atoms with Crippen LogP contribution >= 0.6 is 0 Å². The van der Waals surface area contributed by atoms with E-state index in [0.717, 1.165) is 32.2 Å². The average Bonchev–Trinajstić information content (AvgIpc) is 3.07. The highest BCUT2D eigenvalue weighted by molar-refractivity contribution is 5.79. The smallest absolute Gasteiger partial charge is 0.226 e. The first-order valence-corrected chi connectivity index (χ1v) is 10.0. The van der Waals surface area contributed by atoms with Crippen molar-refractivity contribution in [3.05, 3.63) is 59.9 Å². The molecule has 0 aliphatic heterocycles. The zero-order chi connectivity index (χ0) is 18.9. The van der Waals surface area contributed by atoms with Gasteiger partial charge in [-0.25, -0.2) is 0 Å². The van der Waals surface area contributed by atoms with Crippen LogP contribution in [0.15, 0.2) is 48.7 Å². The second-order valence-electron chi connectivity index (χ2n) is 7.42. The Bertz CT molecular complexity index is 660. The lowest BCUT2D eigenvalue weighted by Crippen LogP contribution is -2.40. The van der Waals surface area contributed by atoms with Crippen molar-refractivity contribution < 1.29 is 4.79 Å². The number of carbonyl (C=O) groups excluding carboxylic acids is 1. The van der Waals surface area contributed by atoms with Crippen LogP contribution in [0.3, 0.4) is 0 Å². The molecule has 3 heteroatoms. The minimum atomic E-state index is 0.148. The summed E-state index contributed by atoms with van der Waals surface area (Å²) in [6, 6.07) is 14.9. The first-order chi connectivity index (χ1) is 12.6. The maximum absolute atomic E-state index is 13.1. The second-order valence-corrected chi connectivity index (χ2v) is 7.42. The molecule has 1 heterocycles. The molecule has 0 bridgehead atoms. The molecule has 26 heavy (non-hydrogen) atoms. The lowest BCUT2D eigenvalue weighted by molar-refractivity contribution is -0.138. The highest BCUT2D eigenvalue weighted by atomic mass is 16.2. The number of nitrogens with zero attached hydrogens (tertiary/aromatic N) is 2. The van der Waals surface area contributed by atoms with E-state index in [1.807, 2.05) is 6.07 Å². The third-order valence-corrected chi connectivity index (χ3v) is 5.11. The number of rotatable bonds is 10. The summed E-state index contributed by atoms with van der Waals surface area (Å²) < 4.78 is 2.25. The van der Waals surface area contributed by atoms with Crippen molar-refractivity contribution in [1.29, 1.82) is 0 Å². The molecule has 1 atom stereocenters. The summed E-state index contributed by atoms with van der Waals surface area (Å²) in [5.74, 6) is 0.457. The standard InChI is InChI=1S/C23H34N2O/c1-5-7-14-21(6-2)23(26)25(19(3)4)18-22-15-11-16-24(22)17-20-12-9-8-10-13-20/h8-13,15-16,19,21H,5-7,14,17-18H2,1-4H3/t21-/m0/s1. The van der Waals surface area contributed by atoms with Gasteiger partial charge in [0.1, 0.15) is 0 Å². The molecule has 0 saturated heterocycles. The van der Waals surface area contributed by atoms with Crippen molar-refractivity contribution in [1.82, 2.24) is 9.47 Å². The second kappa shape index (κ2) is 10.2. The van der Waals surface area contributed by atoms with E-state index in [9.17, 15) is 4.79 Å². The molecular formula is C23H34N2O. The van der Waals surface area contributed by atoms with Gasteiger partial charge in [0.05, 0.1) is 6.54 Å². The van der Waals surface area contributed by atoms with Crippen LogP contribution in [0.5, 0.6) is 0 Å². The normalized spacial score (nSPS) is 12.3. The van der Waals surface area contributed by atoms with Gasteiger partial charge < -0.3 is 9.47 Å². The van der Waals surface area contributed by atoms with Crippen molar-refractivity contribution in [2.24, 2.45) is 5.92 Å². The zero-order valence-corrected chi connectivity index (χ0v) is 16.8. The molecule has 0 spiro atoms. The quantitative estimate of drug-likeness (QED) is 0.554. The van der Waals surface area contributed by atoms with E-state index in [1.165, 1.54) is 11.3 Å². The SMILES string of the molecule is CCCC[C@H](CC)C(=O)N(Cc1cccn1Cc1ccccc1)C(C)C. The van der Waals surface area contributed by atoms with Gasteiger partial charge in [0.25, 0.3) is 0 Å². The number of benzene rings is 1. The van der Waals surface area contributed by atoms with Crippen LogP contribution in [0.1, 0.15) is 64.6 Å². The van der Waals surface area contributed by atoms with Crippen molar-refractivity contribution in [2.45, 2.75) is 72.5 Å². The number of unbranched alkanes of at least 4 members (excludes halogenated alkanes) is 1. The van der Waals surface area contributed by atoms with Crippen molar-refractivity contribution >= 4 is 5.91 Å². The van der Waals surface area contributed by atoms with Crippen LogP contribution < -0.4 is 0 Å². The maximum Gasteiger partial charge on any atom is 0.226 e. The van der Waals surface area contributed by atoms with Crippen molar-refractivity contribution in [3.63, 3.8) is 0 Å². The number of carbonyl (C=O) groups is 1. The molecule has 0 fully saturated rings. The molecule has 0 aliphatic rings. The van der Waals surface area contributed by atoms with E-state index in [0.29, 0.717) is 12.5 Å². The van der Waals surface area contributed by atoms with Crippen LogP contribution in [0.4, 0.5) is 0 Å². The maximum atomic E-state index is 13.1. The Morgan fingerprint density at radius 2 is 1.81 bits per heavy atom. The summed E-state index contributed by atoms with van der Waals surface area (Å²) in [7, 11) is 0. The Labute approximate surface area is 159 Å². The van der Waals surface area contributed by atoms with E-state index in [1.54, 1.807) is 0 Å². The Morgan fingerprint density at radius 1 is 1.08 bits per heavy atom. The fourth-order valence-electron chi connectivity index (χ4n) is 3.40. The van der Waals surface area contributed by atoms with Crippen LogP contribution in [-0.2, 0) is 17.9 Å². The van der Waals surface area contributed by atoms with Gasteiger partial charge in [-0.15, -0.1) is 0 Å². The minimum Gasteiger partial charge on any atom is -0.345 e. The van der Waals surface area contributed by atoms with Crippen molar-refractivity contribution in [3.8, 4) is 0 Å². The lowest BCUT2D eigenvalue weighted by Gasteiger charge is -2.31. The van der Waals surface area contributed by atoms with Gasteiger partial charge in [-0.1, -0.05) is 57.0 Å². The molecular weight excluding hydrogens is 320 g/mol. The predicted molar refractivity (Wildman–Crippen MR) is 109 cm³/mol. The number of hydrogen-bond acceptors (Lipinski definition) is 1. The van der Waals surface area contributed by atoms with E-state index in [4.69, 9.17) is 0 Å². The third-order valence-electron chi connectivity index (χ3n) is 5.11. The summed E-state index contributed by atoms with van der Waals surface area (Å²) in [6.45, 7) is 10.1. The van der Waals surface area contributed by atoms with Gasteiger partial charge in [0.2, 0.25) is 5.91 Å². The fraction of sp³-hybridized carbons (Fsp3) is 0.522. The molecule has 0 aliphatic carbocycles. The summed E-state index contributed by atoms with van der Waals surface area (Å²) in [5.41, 5.74) is 2.48. The van der Waals surface area contributed by atoms with Crippen LogP contribution in [0.25, 0.3) is 0 Å². The molecule has 1 amide bonds. The largest absolute Gasteiger partial charge is 0.345 e. The highest BCUT2D eigenvalue weighted by Gasteiger charge is 2.25. The number of hydrogen-bond donors (Lipinski definition) is 0. The van der Waals surface area contributed by atoms with Gasteiger partial charge in [-0.3, -0.25) is 4.79 Å². The van der Waals surface area contributed by atoms with Gasteiger partial charge in [-0.05, 0) is 44.4 Å². The minimum absolute atomic E-state index is 0.148.